The first-order valence-corrected chi connectivity index (χ1v) is 4.62. The molecular weight excluding hydrogens is 188 g/mol. The third-order valence-corrected chi connectivity index (χ3v) is 2.53. The zero-order valence-electron chi connectivity index (χ0n) is 8.38. The van der Waals surface area contributed by atoms with E-state index in [-0.39, 0.29) is 18.3 Å². The minimum atomic E-state index is 0. The van der Waals surface area contributed by atoms with Crippen molar-refractivity contribution in [3.63, 3.8) is 0 Å². The number of carbonyl (C=O) groups is 1. The molecule has 1 aliphatic rings. The summed E-state index contributed by atoms with van der Waals surface area (Å²) in [6, 6.07) is 0. The molecule has 0 aliphatic carbocycles. The van der Waals surface area contributed by atoms with Crippen LogP contribution in [-0.2, 0) is 4.79 Å². The van der Waals surface area contributed by atoms with Crippen molar-refractivity contribution in [2.24, 2.45) is 5.92 Å². The second kappa shape index (κ2) is 6.22. The van der Waals surface area contributed by atoms with Crippen molar-refractivity contribution in [1.82, 2.24) is 10.2 Å². The van der Waals surface area contributed by atoms with Gasteiger partial charge < -0.3 is 10.2 Å². The van der Waals surface area contributed by atoms with Gasteiger partial charge in [-0.05, 0) is 31.8 Å². The Morgan fingerprint density at radius 1 is 1.46 bits per heavy atom. The monoisotopic (exact) mass is 206 g/mol. The van der Waals surface area contributed by atoms with E-state index in [0.717, 1.165) is 19.6 Å². The highest BCUT2D eigenvalue weighted by Crippen LogP contribution is 2.12. The molecule has 1 amide bonds. The van der Waals surface area contributed by atoms with Crippen LogP contribution < -0.4 is 5.32 Å². The van der Waals surface area contributed by atoms with Crippen LogP contribution in [0.5, 0.6) is 0 Å². The molecule has 1 fully saturated rings. The molecule has 0 radical (unpaired) electrons. The van der Waals surface area contributed by atoms with Crippen molar-refractivity contribution in [1.29, 1.82) is 0 Å². The summed E-state index contributed by atoms with van der Waals surface area (Å²) in [6.07, 6.45) is 2.41. The second-order valence-electron chi connectivity index (χ2n) is 3.59. The van der Waals surface area contributed by atoms with Gasteiger partial charge in [0.15, 0.2) is 0 Å². The summed E-state index contributed by atoms with van der Waals surface area (Å²) in [5.74, 6) is 0.883. The van der Waals surface area contributed by atoms with E-state index in [1.165, 1.54) is 12.8 Å². The minimum absolute atomic E-state index is 0. The van der Waals surface area contributed by atoms with E-state index in [0.29, 0.717) is 5.92 Å². The van der Waals surface area contributed by atoms with Crippen molar-refractivity contribution in [2.75, 3.05) is 26.7 Å². The van der Waals surface area contributed by atoms with E-state index in [9.17, 15) is 4.79 Å². The Kier molecular flexibility index (Phi) is 6.08. The van der Waals surface area contributed by atoms with Gasteiger partial charge in [-0.1, -0.05) is 0 Å². The number of halogens is 1. The molecule has 0 spiro atoms. The molecule has 1 N–H and O–H groups in total. The standard InChI is InChI=1S/C9H18N2O.ClH/c1-8(12)11(2)7-9-3-5-10-6-4-9;/h9-10H,3-7H2,1-2H3;1H. The van der Waals surface area contributed by atoms with Crippen LogP contribution in [0.3, 0.4) is 0 Å². The normalized spacial score (nSPS) is 17.7. The van der Waals surface area contributed by atoms with Gasteiger partial charge in [-0.25, -0.2) is 0 Å². The van der Waals surface area contributed by atoms with E-state index < -0.39 is 0 Å². The number of nitrogens with one attached hydrogen (secondary N) is 1. The molecule has 0 bridgehead atoms. The number of hydrogen-bond acceptors (Lipinski definition) is 2. The summed E-state index contributed by atoms with van der Waals surface area (Å²) >= 11 is 0. The van der Waals surface area contributed by atoms with E-state index in [2.05, 4.69) is 5.32 Å². The summed E-state index contributed by atoms with van der Waals surface area (Å²) < 4.78 is 0. The fraction of sp³-hybridized carbons (Fsp3) is 0.889. The zero-order chi connectivity index (χ0) is 8.97. The lowest BCUT2D eigenvalue weighted by atomic mass is 9.98. The van der Waals surface area contributed by atoms with Gasteiger partial charge in [0, 0.05) is 20.5 Å². The van der Waals surface area contributed by atoms with Crippen LogP contribution in [0, 0.1) is 5.92 Å². The number of piperidine rings is 1. The lowest BCUT2D eigenvalue weighted by molar-refractivity contribution is -0.128. The maximum Gasteiger partial charge on any atom is 0.219 e. The number of carbonyl (C=O) groups excluding carboxylic acids is 1. The average molecular weight is 207 g/mol. The quantitative estimate of drug-likeness (QED) is 0.728. The van der Waals surface area contributed by atoms with E-state index >= 15 is 0 Å². The van der Waals surface area contributed by atoms with Gasteiger partial charge in [0.2, 0.25) is 5.91 Å². The summed E-state index contributed by atoms with van der Waals surface area (Å²) in [6.45, 7) is 4.77. The Bertz CT molecular complexity index is 158. The third kappa shape index (κ3) is 4.48. The summed E-state index contributed by atoms with van der Waals surface area (Å²) in [5, 5.41) is 3.31. The number of amides is 1. The van der Waals surface area contributed by atoms with Gasteiger partial charge in [-0.2, -0.15) is 0 Å². The van der Waals surface area contributed by atoms with Gasteiger partial charge in [-0.15, -0.1) is 12.4 Å². The highest BCUT2D eigenvalue weighted by molar-refractivity contribution is 5.85. The largest absolute Gasteiger partial charge is 0.346 e. The fourth-order valence-corrected chi connectivity index (χ4v) is 1.58. The SMILES string of the molecule is CC(=O)N(C)CC1CCNCC1.Cl. The minimum Gasteiger partial charge on any atom is -0.346 e. The highest BCUT2D eigenvalue weighted by Gasteiger charge is 2.15. The van der Waals surface area contributed by atoms with Crippen LogP contribution in [0.25, 0.3) is 0 Å². The van der Waals surface area contributed by atoms with Gasteiger partial charge in [-0.3, -0.25) is 4.79 Å². The summed E-state index contributed by atoms with van der Waals surface area (Å²) in [5.41, 5.74) is 0. The van der Waals surface area contributed by atoms with Gasteiger partial charge >= 0.3 is 0 Å². The van der Waals surface area contributed by atoms with Crippen molar-refractivity contribution in [3.8, 4) is 0 Å². The zero-order valence-corrected chi connectivity index (χ0v) is 9.19. The van der Waals surface area contributed by atoms with E-state index in [1.807, 2.05) is 11.9 Å². The maximum absolute atomic E-state index is 10.9. The number of rotatable bonds is 2. The Hall–Kier alpha value is -0.280. The van der Waals surface area contributed by atoms with Crippen LogP contribution in [-0.4, -0.2) is 37.5 Å². The molecule has 1 heterocycles. The topological polar surface area (TPSA) is 32.3 Å². The van der Waals surface area contributed by atoms with Crippen LogP contribution in [0.2, 0.25) is 0 Å². The molecule has 13 heavy (non-hydrogen) atoms. The van der Waals surface area contributed by atoms with Gasteiger partial charge in [0.05, 0.1) is 0 Å². The summed E-state index contributed by atoms with van der Waals surface area (Å²) in [4.78, 5) is 12.7. The van der Waals surface area contributed by atoms with E-state index in [1.54, 1.807) is 6.92 Å². The van der Waals surface area contributed by atoms with Gasteiger partial charge in [0.1, 0.15) is 0 Å². The van der Waals surface area contributed by atoms with Crippen LogP contribution in [0.4, 0.5) is 0 Å². The molecule has 4 heteroatoms. The first-order valence-electron chi connectivity index (χ1n) is 4.62. The van der Waals surface area contributed by atoms with Crippen molar-refractivity contribution >= 4 is 18.3 Å². The molecular formula is C9H19ClN2O. The lowest BCUT2D eigenvalue weighted by Crippen LogP contribution is -2.36. The highest BCUT2D eigenvalue weighted by atomic mass is 35.5. The molecule has 0 aromatic rings. The molecule has 1 saturated heterocycles. The van der Waals surface area contributed by atoms with Crippen molar-refractivity contribution in [3.05, 3.63) is 0 Å². The third-order valence-electron chi connectivity index (χ3n) is 2.53. The molecule has 0 aromatic carbocycles. The van der Waals surface area contributed by atoms with Crippen molar-refractivity contribution in [2.45, 2.75) is 19.8 Å². The number of nitrogens with zero attached hydrogens (tertiary/aromatic N) is 1. The van der Waals surface area contributed by atoms with E-state index in [4.69, 9.17) is 0 Å². The first kappa shape index (κ1) is 12.7. The first-order chi connectivity index (χ1) is 5.70. The average Bonchev–Trinajstić information content (AvgIpc) is 2.06. The molecule has 0 saturated carbocycles. The van der Waals surface area contributed by atoms with Crippen molar-refractivity contribution < 1.29 is 4.79 Å². The van der Waals surface area contributed by atoms with Gasteiger partial charge in [0.25, 0.3) is 0 Å². The predicted molar refractivity (Wildman–Crippen MR) is 56.2 cm³/mol. The maximum atomic E-state index is 10.9. The molecule has 3 nitrogen and oxygen atoms in total. The molecule has 0 aromatic heterocycles. The van der Waals surface area contributed by atoms with Crippen LogP contribution in [0.15, 0.2) is 0 Å². The van der Waals surface area contributed by atoms with Crippen LogP contribution >= 0.6 is 12.4 Å². The number of hydrogen-bond donors (Lipinski definition) is 1. The molecule has 0 unspecified atom stereocenters. The molecule has 78 valence electrons. The lowest BCUT2D eigenvalue weighted by Gasteiger charge is -2.26. The second-order valence-corrected chi connectivity index (χ2v) is 3.59. The van der Waals surface area contributed by atoms with Crippen LogP contribution in [0.1, 0.15) is 19.8 Å². The Balaban J connectivity index is 0.00000144. The molecule has 1 rings (SSSR count). The smallest absolute Gasteiger partial charge is 0.219 e. The fourth-order valence-electron chi connectivity index (χ4n) is 1.58. The predicted octanol–water partition coefficient (Wildman–Crippen LogP) is 0.886. The Morgan fingerprint density at radius 3 is 2.46 bits per heavy atom. The summed E-state index contributed by atoms with van der Waals surface area (Å²) in [7, 11) is 1.88. The molecule has 1 aliphatic heterocycles. The Labute approximate surface area is 86.3 Å². The molecule has 0 atom stereocenters. The Morgan fingerprint density at radius 2 is 2.00 bits per heavy atom.